The number of hydrogen-bond acceptors (Lipinski definition) is 5. The van der Waals surface area contributed by atoms with Crippen molar-refractivity contribution in [2.45, 2.75) is 51.0 Å². The molecule has 0 aromatic carbocycles. The van der Waals surface area contributed by atoms with Gasteiger partial charge in [0.05, 0.1) is 6.04 Å². The predicted molar refractivity (Wildman–Crippen MR) is 87.0 cm³/mol. The highest BCUT2D eigenvalue weighted by Gasteiger charge is 2.47. The Hall–Kier alpha value is -1.17. The van der Waals surface area contributed by atoms with Gasteiger partial charge in [-0.15, -0.1) is 0 Å². The van der Waals surface area contributed by atoms with Crippen molar-refractivity contribution in [3.63, 3.8) is 0 Å². The maximum atomic E-state index is 5.56. The third-order valence-electron chi connectivity index (χ3n) is 5.04. The molecule has 1 saturated heterocycles. The molecule has 1 unspecified atom stereocenters. The van der Waals surface area contributed by atoms with E-state index in [0.717, 1.165) is 44.0 Å². The van der Waals surface area contributed by atoms with Crippen molar-refractivity contribution in [1.82, 2.24) is 10.3 Å². The van der Waals surface area contributed by atoms with Crippen molar-refractivity contribution in [2.24, 2.45) is 0 Å². The van der Waals surface area contributed by atoms with Crippen molar-refractivity contribution in [3.05, 3.63) is 23.4 Å². The van der Waals surface area contributed by atoms with Crippen molar-refractivity contribution in [1.29, 1.82) is 0 Å². The lowest BCUT2D eigenvalue weighted by atomic mass is 9.84. The van der Waals surface area contributed by atoms with Crippen molar-refractivity contribution >= 4 is 5.82 Å². The van der Waals surface area contributed by atoms with Crippen LogP contribution in [0.2, 0.25) is 0 Å². The Bertz CT molecular complexity index is 505. The number of pyridine rings is 1. The molecular weight excluding hydrogens is 278 g/mol. The minimum atomic E-state index is -0.452. The van der Waals surface area contributed by atoms with Crippen LogP contribution in [0.1, 0.15) is 36.9 Å². The molecule has 122 valence electrons. The van der Waals surface area contributed by atoms with Gasteiger partial charge in [0, 0.05) is 51.5 Å². The van der Waals surface area contributed by atoms with E-state index in [-0.39, 0.29) is 6.04 Å². The summed E-state index contributed by atoms with van der Waals surface area (Å²) < 4.78 is 11.1. The summed E-state index contributed by atoms with van der Waals surface area (Å²) in [6, 6.07) is 4.54. The van der Waals surface area contributed by atoms with Crippen LogP contribution in [0.4, 0.5) is 5.82 Å². The first-order valence-corrected chi connectivity index (χ1v) is 8.23. The molecule has 1 N–H and O–H groups in total. The maximum absolute atomic E-state index is 5.56. The lowest BCUT2D eigenvalue weighted by Crippen LogP contribution is -2.61. The fourth-order valence-electron chi connectivity index (χ4n) is 3.50. The zero-order chi connectivity index (χ0) is 15.6. The maximum Gasteiger partial charge on any atom is 0.183 e. The molecule has 1 aliphatic carbocycles. The first-order valence-electron chi connectivity index (χ1n) is 8.23. The van der Waals surface area contributed by atoms with Gasteiger partial charge in [-0.2, -0.15) is 0 Å². The zero-order valence-electron chi connectivity index (χ0n) is 13.9. The average molecular weight is 305 g/mol. The summed E-state index contributed by atoms with van der Waals surface area (Å²) in [5.74, 6) is 0.691. The summed E-state index contributed by atoms with van der Waals surface area (Å²) in [5.41, 5.74) is 2.35. The van der Waals surface area contributed by atoms with Gasteiger partial charge in [-0.3, -0.25) is 0 Å². The quantitative estimate of drug-likeness (QED) is 0.817. The summed E-state index contributed by atoms with van der Waals surface area (Å²) >= 11 is 0. The van der Waals surface area contributed by atoms with E-state index in [0.29, 0.717) is 0 Å². The standard InChI is InChI=1S/C17H27N3O2/c1-13-6-7-14(16(19-13)20-10-4-5-11-20)12-18-15-8-9-17(15,21-2)22-3/h6-7,15,18H,4-5,8-12H2,1-3H3. The van der Waals surface area contributed by atoms with E-state index in [1.54, 1.807) is 14.2 Å². The molecule has 3 rings (SSSR count). The molecule has 5 nitrogen and oxygen atoms in total. The van der Waals surface area contributed by atoms with Gasteiger partial charge < -0.3 is 19.7 Å². The summed E-state index contributed by atoms with van der Waals surface area (Å²) in [5, 5.41) is 3.59. The first-order chi connectivity index (χ1) is 10.7. The molecule has 2 aliphatic rings. The lowest BCUT2D eigenvalue weighted by Gasteiger charge is -2.47. The van der Waals surface area contributed by atoms with Crippen LogP contribution in [0, 0.1) is 6.92 Å². The van der Waals surface area contributed by atoms with E-state index in [2.05, 4.69) is 29.3 Å². The summed E-state index contributed by atoms with van der Waals surface area (Å²) in [4.78, 5) is 7.18. The normalized spacial score (nSPS) is 23.6. The van der Waals surface area contributed by atoms with Crippen molar-refractivity contribution in [2.75, 3.05) is 32.2 Å². The van der Waals surface area contributed by atoms with E-state index >= 15 is 0 Å². The van der Waals surface area contributed by atoms with Gasteiger partial charge in [-0.25, -0.2) is 4.98 Å². The van der Waals surface area contributed by atoms with Crippen molar-refractivity contribution < 1.29 is 9.47 Å². The summed E-state index contributed by atoms with van der Waals surface area (Å²) in [6.45, 7) is 5.10. The number of methoxy groups -OCH3 is 2. The largest absolute Gasteiger partial charge is 0.356 e. The Morgan fingerprint density at radius 2 is 2.00 bits per heavy atom. The smallest absolute Gasteiger partial charge is 0.183 e. The van der Waals surface area contributed by atoms with Crippen LogP contribution in [0.15, 0.2) is 12.1 Å². The molecular formula is C17H27N3O2. The number of hydrogen-bond donors (Lipinski definition) is 1. The molecule has 1 atom stereocenters. The minimum absolute atomic E-state index is 0.246. The van der Waals surface area contributed by atoms with Crippen LogP contribution in [-0.4, -0.2) is 44.1 Å². The van der Waals surface area contributed by atoms with Crippen LogP contribution >= 0.6 is 0 Å². The predicted octanol–water partition coefficient (Wildman–Crippen LogP) is 2.23. The highest BCUT2D eigenvalue weighted by Crippen LogP contribution is 2.36. The average Bonchev–Trinajstić information content (AvgIpc) is 3.03. The number of ether oxygens (including phenoxy) is 2. The zero-order valence-corrected chi connectivity index (χ0v) is 13.9. The second-order valence-corrected chi connectivity index (χ2v) is 6.32. The number of anilines is 1. The fraction of sp³-hybridized carbons (Fsp3) is 0.706. The molecule has 0 spiro atoms. The van der Waals surface area contributed by atoms with E-state index < -0.39 is 5.79 Å². The second-order valence-electron chi connectivity index (χ2n) is 6.32. The number of aromatic nitrogens is 1. The van der Waals surface area contributed by atoms with Crippen LogP contribution in [-0.2, 0) is 16.0 Å². The van der Waals surface area contributed by atoms with Crippen molar-refractivity contribution in [3.8, 4) is 0 Å². The highest BCUT2D eigenvalue weighted by molar-refractivity contribution is 5.48. The first kappa shape index (κ1) is 15.7. The molecule has 2 heterocycles. The van der Waals surface area contributed by atoms with Crippen LogP contribution in [0.25, 0.3) is 0 Å². The van der Waals surface area contributed by atoms with Crippen LogP contribution in [0.5, 0.6) is 0 Å². The van der Waals surface area contributed by atoms with Crippen LogP contribution in [0.3, 0.4) is 0 Å². The molecule has 22 heavy (non-hydrogen) atoms. The third-order valence-corrected chi connectivity index (χ3v) is 5.04. The molecule has 0 amide bonds. The van der Waals surface area contributed by atoms with Gasteiger partial charge in [0.15, 0.2) is 5.79 Å². The third kappa shape index (κ3) is 2.85. The van der Waals surface area contributed by atoms with E-state index in [1.807, 2.05) is 0 Å². The monoisotopic (exact) mass is 305 g/mol. The molecule has 1 aliphatic heterocycles. The molecule has 1 saturated carbocycles. The molecule has 5 heteroatoms. The minimum Gasteiger partial charge on any atom is -0.356 e. The Morgan fingerprint density at radius 3 is 2.59 bits per heavy atom. The number of rotatable bonds is 6. The lowest BCUT2D eigenvalue weighted by molar-refractivity contribution is -0.268. The van der Waals surface area contributed by atoms with Gasteiger partial charge in [0.2, 0.25) is 0 Å². The number of nitrogens with zero attached hydrogens (tertiary/aromatic N) is 2. The van der Waals surface area contributed by atoms with Gasteiger partial charge in [-0.05, 0) is 32.3 Å². The van der Waals surface area contributed by atoms with Gasteiger partial charge >= 0.3 is 0 Å². The van der Waals surface area contributed by atoms with E-state index in [9.17, 15) is 0 Å². The van der Waals surface area contributed by atoms with Gasteiger partial charge in [0.1, 0.15) is 5.82 Å². The molecule has 0 radical (unpaired) electrons. The Morgan fingerprint density at radius 1 is 1.27 bits per heavy atom. The Balaban J connectivity index is 1.70. The molecule has 1 aromatic rings. The summed E-state index contributed by atoms with van der Waals surface area (Å²) in [7, 11) is 3.45. The van der Waals surface area contributed by atoms with E-state index in [4.69, 9.17) is 14.5 Å². The second kappa shape index (κ2) is 6.52. The van der Waals surface area contributed by atoms with Crippen LogP contribution < -0.4 is 10.2 Å². The Kier molecular flexibility index (Phi) is 4.66. The number of nitrogens with one attached hydrogen (secondary N) is 1. The molecule has 0 bridgehead atoms. The molecule has 1 aromatic heterocycles. The molecule has 2 fully saturated rings. The van der Waals surface area contributed by atoms with Gasteiger partial charge in [0.25, 0.3) is 0 Å². The topological polar surface area (TPSA) is 46.6 Å². The van der Waals surface area contributed by atoms with E-state index in [1.165, 1.54) is 18.4 Å². The SMILES string of the molecule is COC1(OC)CCC1NCc1ccc(C)nc1N1CCCC1. The number of aryl methyl sites for hydroxylation is 1. The Labute approximate surface area is 133 Å². The summed E-state index contributed by atoms with van der Waals surface area (Å²) in [6.07, 6.45) is 4.56. The van der Waals surface area contributed by atoms with Gasteiger partial charge in [-0.1, -0.05) is 6.07 Å². The highest BCUT2D eigenvalue weighted by atomic mass is 16.7. The fourth-order valence-corrected chi connectivity index (χ4v) is 3.50.